The third kappa shape index (κ3) is 6.60. The minimum absolute atomic E-state index is 0.244. The fourth-order valence-corrected chi connectivity index (χ4v) is 13.3. The summed E-state index contributed by atoms with van der Waals surface area (Å²) in [5, 5.41) is 14.9. The molecule has 0 bridgehead atoms. The summed E-state index contributed by atoms with van der Waals surface area (Å²) in [6.45, 7) is 0. The van der Waals surface area contributed by atoms with Gasteiger partial charge in [0.05, 0.1) is 0 Å². The van der Waals surface area contributed by atoms with E-state index in [-0.39, 0.29) is 5.92 Å². The predicted molar refractivity (Wildman–Crippen MR) is 320 cm³/mol. The van der Waals surface area contributed by atoms with Gasteiger partial charge < -0.3 is 9.15 Å². The SMILES string of the molecule is C1=CC(c2c3ccccc3c(-c3ccccc3)c3ccccc23)CC=C1c1ccc2c(c1)oc1cc3c4c(cccc4c12)Oc1cc(C2=CC=C(c4c5ccccc5c(-c5ccccc5)c5ccccc45)CC2)ccc1-3. The molecule has 0 radical (unpaired) electrons. The van der Waals surface area contributed by atoms with E-state index in [0.29, 0.717) is 0 Å². The highest BCUT2D eigenvalue weighted by atomic mass is 16.5. The van der Waals surface area contributed by atoms with E-state index >= 15 is 0 Å². The fourth-order valence-electron chi connectivity index (χ4n) is 13.3. The molecule has 3 aliphatic rings. The third-order valence-electron chi connectivity index (χ3n) is 16.7. The van der Waals surface area contributed by atoms with Crippen LogP contribution in [-0.2, 0) is 0 Å². The van der Waals surface area contributed by atoms with Crippen LogP contribution in [0.3, 0.4) is 0 Å². The number of hydrogen-bond donors (Lipinski definition) is 0. The molecule has 13 aromatic rings. The second kappa shape index (κ2) is 17.0. The minimum atomic E-state index is 0.244. The van der Waals surface area contributed by atoms with Crippen molar-refractivity contribution in [1.29, 1.82) is 0 Å². The molecule has 1 aromatic heterocycles. The van der Waals surface area contributed by atoms with E-state index in [1.165, 1.54) is 98.8 Å². The Balaban J connectivity index is 0.727. The lowest BCUT2D eigenvalue weighted by Crippen LogP contribution is -2.02. The summed E-state index contributed by atoms with van der Waals surface area (Å²) in [7, 11) is 0. The van der Waals surface area contributed by atoms with Crippen LogP contribution in [0.2, 0.25) is 0 Å². The molecule has 1 atom stereocenters. The molecule has 2 aliphatic carbocycles. The average molecular weight is 969 g/mol. The zero-order valence-electron chi connectivity index (χ0n) is 41.7. The van der Waals surface area contributed by atoms with Gasteiger partial charge in [-0.1, -0.05) is 212 Å². The van der Waals surface area contributed by atoms with Gasteiger partial charge in [0.1, 0.15) is 22.7 Å². The van der Waals surface area contributed by atoms with Gasteiger partial charge in [0, 0.05) is 33.2 Å². The first-order chi connectivity index (χ1) is 37.7. The van der Waals surface area contributed by atoms with Crippen LogP contribution in [0, 0.1) is 0 Å². The Morgan fingerprint density at radius 3 is 1.51 bits per heavy atom. The first kappa shape index (κ1) is 43.0. The Labute approximate surface area is 440 Å². The maximum atomic E-state index is 6.89. The van der Waals surface area contributed by atoms with E-state index in [1.807, 2.05) is 0 Å². The number of ether oxygens (including phenoxy) is 1. The number of furan rings is 1. The van der Waals surface area contributed by atoms with E-state index in [0.717, 1.165) is 80.2 Å². The summed E-state index contributed by atoms with van der Waals surface area (Å²) in [6, 6.07) is 79.7. The number of hydrogen-bond acceptors (Lipinski definition) is 2. The van der Waals surface area contributed by atoms with Crippen LogP contribution in [0.25, 0.3) is 126 Å². The summed E-state index contributed by atoms with van der Waals surface area (Å²) in [6.07, 6.45) is 14.7. The molecule has 12 aromatic carbocycles. The van der Waals surface area contributed by atoms with E-state index in [4.69, 9.17) is 9.15 Å². The van der Waals surface area contributed by atoms with Crippen molar-refractivity contribution in [3.63, 3.8) is 0 Å². The summed E-state index contributed by atoms with van der Waals surface area (Å²) in [4.78, 5) is 0. The Morgan fingerprint density at radius 1 is 0.355 bits per heavy atom. The molecule has 1 aliphatic heterocycles. The van der Waals surface area contributed by atoms with Gasteiger partial charge in [-0.25, -0.2) is 0 Å². The Hall–Kier alpha value is -9.50. The van der Waals surface area contributed by atoms with Gasteiger partial charge in [-0.05, 0) is 165 Å². The quantitative estimate of drug-likeness (QED) is 0.155. The van der Waals surface area contributed by atoms with Gasteiger partial charge in [-0.15, -0.1) is 0 Å². The van der Waals surface area contributed by atoms with Crippen LogP contribution in [-0.4, -0.2) is 0 Å². The second-order valence-electron chi connectivity index (χ2n) is 20.8. The molecule has 0 spiro atoms. The number of rotatable bonds is 6. The van der Waals surface area contributed by atoms with Crippen LogP contribution >= 0.6 is 0 Å². The molecule has 356 valence electrons. The summed E-state index contributed by atoms with van der Waals surface area (Å²) in [5.41, 5.74) is 18.1. The monoisotopic (exact) mass is 968 g/mol. The molecule has 0 saturated heterocycles. The highest BCUT2D eigenvalue weighted by Crippen LogP contribution is 2.52. The third-order valence-corrected chi connectivity index (χ3v) is 16.7. The van der Waals surface area contributed by atoms with Crippen molar-refractivity contribution < 1.29 is 9.15 Å². The number of allylic oxidation sites excluding steroid dienone is 8. The zero-order chi connectivity index (χ0) is 49.8. The van der Waals surface area contributed by atoms with E-state index in [1.54, 1.807) is 0 Å². The lowest BCUT2D eigenvalue weighted by Gasteiger charge is -2.24. The molecule has 76 heavy (non-hydrogen) atoms. The fraction of sp³-hybridized carbons (Fsp3) is 0.0541. The molecule has 0 fully saturated rings. The molecule has 0 amide bonds. The van der Waals surface area contributed by atoms with E-state index < -0.39 is 0 Å². The normalized spacial score (nSPS) is 15.1. The Kier molecular flexibility index (Phi) is 9.62. The van der Waals surface area contributed by atoms with Crippen molar-refractivity contribution in [2.24, 2.45) is 0 Å². The van der Waals surface area contributed by atoms with Gasteiger partial charge in [0.25, 0.3) is 0 Å². The topological polar surface area (TPSA) is 22.4 Å². The van der Waals surface area contributed by atoms with E-state index in [2.05, 4.69) is 249 Å². The van der Waals surface area contributed by atoms with Crippen LogP contribution in [0.4, 0.5) is 0 Å². The maximum Gasteiger partial charge on any atom is 0.136 e. The lowest BCUT2D eigenvalue weighted by atomic mass is 9.80. The second-order valence-corrected chi connectivity index (χ2v) is 20.8. The number of benzene rings is 12. The van der Waals surface area contributed by atoms with Gasteiger partial charge in [0.15, 0.2) is 0 Å². The van der Waals surface area contributed by atoms with Crippen molar-refractivity contribution >= 4 is 92.5 Å². The Bertz CT molecular complexity index is 4620. The van der Waals surface area contributed by atoms with Crippen LogP contribution < -0.4 is 4.74 Å². The average Bonchev–Trinajstić information content (AvgIpc) is 3.88. The largest absolute Gasteiger partial charge is 0.456 e. The predicted octanol–water partition coefficient (Wildman–Crippen LogP) is 20.8. The summed E-state index contributed by atoms with van der Waals surface area (Å²) in [5.74, 6) is 2.00. The van der Waals surface area contributed by atoms with Crippen molar-refractivity contribution in [2.45, 2.75) is 25.2 Å². The van der Waals surface area contributed by atoms with E-state index in [9.17, 15) is 0 Å². The zero-order valence-corrected chi connectivity index (χ0v) is 41.7. The van der Waals surface area contributed by atoms with Gasteiger partial charge in [0.2, 0.25) is 0 Å². The maximum absolute atomic E-state index is 6.89. The van der Waals surface area contributed by atoms with Crippen molar-refractivity contribution in [3.8, 4) is 44.9 Å². The van der Waals surface area contributed by atoms with Crippen molar-refractivity contribution in [3.05, 3.63) is 271 Å². The summed E-state index contributed by atoms with van der Waals surface area (Å²) < 4.78 is 13.8. The first-order valence-electron chi connectivity index (χ1n) is 26.7. The van der Waals surface area contributed by atoms with Crippen LogP contribution in [0.15, 0.2) is 253 Å². The lowest BCUT2D eigenvalue weighted by molar-refractivity contribution is 0.487. The molecular formula is C74H48O2. The molecule has 2 heterocycles. The Morgan fingerprint density at radius 2 is 0.908 bits per heavy atom. The molecule has 1 unspecified atom stereocenters. The minimum Gasteiger partial charge on any atom is -0.456 e. The molecule has 2 heteroatoms. The molecular weight excluding hydrogens is 921 g/mol. The molecule has 0 saturated carbocycles. The van der Waals surface area contributed by atoms with Gasteiger partial charge in [-0.2, -0.15) is 0 Å². The van der Waals surface area contributed by atoms with Gasteiger partial charge in [-0.3, -0.25) is 0 Å². The number of fused-ring (bicyclic) bond motifs is 10. The molecule has 16 rings (SSSR count). The van der Waals surface area contributed by atoms with Crippen molar-refractivity contribution in [2.75, 3.05) is 0 Å². The van der Waals surface area contributed by atoms with Crippen LogP contribution in [0.5, 0.6) is 11.5 Å². The smallest absolute Gasteiger partial charge is 0.136 e. The standard InChI is InChI=1S/C74H48O2/c1-3-16-47(17-4-1)69-54-20-7-11-24-58(54)71(59-25-12-8-21-55(59)69)49-34-30-45(31-35-49)51-38-40-53-64-44-68-73(63-28-15-29-65(74(63)64)75-66(53)42-51)62-41-39-52(43-67(62)76-68)46-32-36-50(37-33-46)72-60-26-13-9-22-56(60)70(48-18-5-2-6-19-48)57-23-10-14-27-61(57)72/h1-30,32-34,36,38-44,50H,31,35,37H2. The summed E-state index contributed by atoms with van der Waals surface area (Å²) >= 11 is 0. The molecule has 0 N–H and O–H groups in total. The molecule has 2 nitrogen and oxygen atoms in total. The van der Waals surface area contributed by atoms with Crippen molar-refractivity contribution in [1.82, 2.24) is 0 Å². The highest BCUT2D eigenvalue weighted by molar-refractivity contribution is 6.25. The first-order valence-corrected chi connectivity index (χ1v) is 26.7. The highest BCUT2D eigenvalue weighted by Gasteiger charge is 2.27. The van der Waals surface area contributed by atoms with Crippen LogP contribution in [0.1, 0.15) is 47.4 Å². The van der Waals surface area contributed by atoms with Gasteiger partial charge >= 0.3 is 0 Å².